The van der Waals surface area contributed by atoms with Crippen LogP contribution in [0.5, 0.6) is 0 Å². The molecule has 0 unspecified atom stereocenters. The van der Waals surface area contributed by atoms with E-state index in [2.05, 4.69) is 4.98 Å². The number of aromatic amines is 1. The van der Waals surface area contributed by atoms with E-state index in [1.807, 2.05) is 0 Å². The number of hydrogen-bond donors (Lipinski definition) is 1. The number of nitrogens with one attached hydrogen (secondary N) is 1. The lowest BCUT2D eigenvalue weighted by molar-refractivity contribution is 0.0441. The Bertz CT molecular complexity index is 783. The van der Waals surface area contributed by atoms with E-state index >= 15 is 0 Å². The van der Waals surface area contributed by atoms with Gasteiger partial charge in [-0.3, -0.25) is 4.79 Å². The molecule has 0 aliphatic carbocycles. The van der Waals surface area contributed by atoms with E-state index in [1.54, 1.807) is 33.8 Å². The second-order valence-electron chi connectivity index (χ2n) is 5.26. The molecule has 2 rings (SSSR count). The van der Waals surface area contributed by atoms with Crippen molar-refractivity contribution in [3.63, 3.8) is 0 Å². The number of ketones is 1. The topological polar surface area (TPSA) is 98.6 Å². The van der Waals surface area contributed by atoms with Gasteiger partial charge < -0.3 is 18.9 Å². The molecule has 2 heterocycles. The molecule has 0 radical (unpaired) electrons. The second kappa shape index (κ2) is 7.16. The molecule has 24 heavy (non-hydrogen) atoms. The number of furan rings is 1. The highest BCUT2D eigenvalue weighted by Crippen LogP contribution is 2.20. The Morgan fingerprint density at radius 3 is 2.38 bits per heavy atom. The number of carbonyl (C=O) groups excluding carboxylic acids is 3. The average Bonchev–Trinajstić information content (AvgIpc) is 3.08. The normalized spacial score (nSPS) is 10.5. The molecule has 0 saturated heterocycles. The van der Waals surface area contributed by atoms with Crippen molar-refractivity contribution in [1.82, 2.24) is 4.98 Å². The SMILES string of the molecule is CCOC(=O)c1c(C)[nH]c(C(=O)COC(=O)c2ccc(C)o2)c1C. The number of Topliss-reactive ketones (excluding diaryl/α,β-unsaturated/α-hetero) is 1. The molecule has 7 heteroatoms. The van der Waals surface area contributed by atoms with Crippen LogP contribution in [0.25, 0.3) is 0 Å². The Morgan fingerprint density at radius 1 is 1.08 bits per heavy atom. The molecule has 0 saturated carbocycles. The number of ether oxygens (including phenoxy) is 2. The van der Waals surface area contributed by atoms with Crippen LogP contribution in [0.2, 0.25) is 0 Å². The minimum absolute atomic E-state index is 0.0342. The molecule has 0 aliphatic rings. The van der Waals surface area contributed by atoms with Crippen LogP contribution in [0.4, 0.5) is 0 Å². The molecule has 0 fully saturated rings. The first-order valence-corrected chi connectivity index (χ1v) is 7.48. The Morgan fingerprint density at radius 2 is 1.79 bits per heavy atom. The molecule has 7 nitrogen and oxygen atoms in total. The van der Waals surface area contributed by atoms with E-state index in [0.717, 1.165) is 0 Å². The third-order valence-electron chi connectivity index (χ3n) is 3.47. The van der Waals surface area contributed by atoms with Crippen LogP contribution in [0.3, 0.4) is 0 Å². The van der Waals surface area contributed by atoms with Gasteiger partial charge in [0.15, 0.2) is 6.61 Å². The van der Waals surface area contributed by atoms with Crippen molar-refractivity contribution in [2.45, 2.75) is 27.7 Å². The summed E-state index contributed by atoms with van der Waals surface area (Å²) >= 11 is 0. The van der Waals surface area contributed by atoms with E-state index in [-0.39, 0.29) is 18.1 Å². The quantitative estimate of drug-likeness (QED) is 0.644. The largest absolute Gasteiger partial charge is 0.462 e. The fraction of sp³-hybridized carbons (Fsp3) is 0.353. The summed E-state index contributed by atoms with van der Waals surface area (Å²) in [5, 5.41) is 0. The van der Waals surface area contributed by atoms with Crippen LogP contribution in [0.1, 0.15) is 55.3 Å². The van der Waals surface area contributed by atoms with Gasteiger partial charge >= 0.3 is 11.9 Å². The van der Waals surface area contributed by atoms with Crippen molar-refractivity contribution in [3.8, 4) is 0 Å². The lowest BCUT2D eigenvalue weighted by Gasteiger charge is -2.03. The van der Waals surface area contributed by atoms with E-state index in [1.165, 1.54) is 6.07 Å². The summed E-state index contributed by atoms with van der Waals surface area (Å²) in [6.07, 6.45) is 0. The standard InChI is InChI=1S/C17H19NO6/c1-5-22-17(21)14-10(3)15(18-11(14)4)12(19)8-23-16(20)13-7-6-9(2)24-13/h6-7,18H,5,8H2,1-4H3. The second-order valence-corrected chi connectivity index (χ2v) is 5.26. The van der Waals surface area contributed by atoms with Gasteiger partial charge in [0.1, 0.15) is 5.76 Å². The highest BCUT2D eigenvalue weighted by Gasteiger charge is 2.24. The highest BCUT2D eigenvalue weighted by atomic mass is 16.5. The van der Waals surface area contributed by atoms with Crippen LogP contribution in [0, 0.1) is 20.8 Å². The smallest absolute Gasteiger partial charge is 0.374 e. The fourth-order valence-electron chi connectivity index (χ4n) is 2.36. The van der Waals surface area contributed by atoms with E-state index in [9.17, 15) is 14.4 Å². The zero-order valence-corrected chi connectivity index (χ0v) is 14.0. The molecule has 2 aromatic heterocycles. The number of hydrogen-bond acceptors (Lipinski definition) is 6. The van der Waals surface area contributed by atoms with E-state index in [0.29, 0.717) is 22.6 Å². The van der Waals surface area contributed by atoms with Crippen molar-refractivity contribution >= 4 is 17.7 Å². The maximum atomic E-state index is 12.3. The minimum Gasteiger partial charge on any atom is -0.462 e. The van der Waals surface area contributed by atoms with Gasteiger partial charge in [0.2, 0.25) is 11.5 Å². The molecule has 1 N–H and O–H groups in total. The van der Waals surface area contributed by atoms with Crippen LogP contribution in [-0.2, 0) is 9.47 Å². The number of aryl methyl sites for hydroxylation is 2. The summed E-state index contributed by atoms with van der Waals surface area (Å²) in [5.41, 5.74) is 1.55. The predicted octanol–water partition coefficient (Wildman–Crippen LogP) is 2.75. The van der Waals surface area contributed by atoms with Gasteiger partial charge in [-0.1, -0.05) is 0 Å². The van der Waals surface area contributed by atoms with Gasteiger partial charge in [-0.15, -0.1) is 0 Å². The monoisotopic (exact) mass is 333 g/mol. The number of carbonyl (C=O) groups is 3. The Labute approximate surface area is 138 Å². The summed E-state index contributed by atoms with van der Waals surface area (Å²) < 4.78 is 15.1. The van der Waals surface area contributed by atoms with Crippen LogP contribution in [-0.4, -0.2) is 35.9 Å². The van der Waals surface area contributed by atoms with E-state index < -0.39 is 24.3 Å². The van der Waals surface area contributed by atoms with Crippen molar-refractivity contribution in [2.75, 3.05) is 13.2 Å². The first kappa shape index (κ1) is 17.5. The molecule has 0 spiro atoms. The fourth-order valence-corrected chi connectivity index (χ4v) is 2.36. The first-order chi connectivity index (χ1) is 11.3. The molecule has 0 atom stereocenters. The number of rotatable bonds is 6. The molecule has 0 bridgehead atoms. The van der Waals surface area contributed by atoms with Gasteiger partial charge in [-0.05, 0) is 45.4 Å². The lowest BCUT2D eigenvalue weighted by Crippen LogP contribution is -2.15. The number of esters is 2. The van der Waals surface area contributed by atoms with Gasteiger partial charge in [0.25, 0.3) is 0 Å². The van der Waals surface area contributed by atoms with Crippen molar-refractivity contribution < 1.29 is 28.3 Å². The zero-order chi connectivity index (χ0) is 17.9. The molecule has 0 aliphatic heterocycles. The van der Waals surface area contributed by atoms with Crippen molar-refractivity contribution in [2.24, 2.45) is 0 Å². The van der Waals surface area contributed by atoms with Crippen molar-refractivity contribution in [1.29, 1.82) is 0 Å². The Hall–Kier alpha value is -2.83. The van der Waals surface area contributed by atoms with Gasteiger partial charge in [0, 0.05) is 5.69 Å². The maximum absolute atomic E-state index is 12.3. The Balaban J connectivity index is 2.09. The number of H-pyrrole nitrogens is 1. The lowest BCUT2D eigenvalue weighted by atomic mass is 10.1. The third kappa shape index (κ3) is 3.56. The first-order valence-electron chi connectivity index (χ1n) is 7.48. The molecule has 2 aromatic rings. The van der Waals surface area contributed by atoms with E-state index in [4.69, 9.17) is 13.9 Å². The number of aromatic nitrogens is 1. The summed E-state index contributed by atoms with van der Waals surface area (Å²) in [4.78, 5) is 38.8. The molecule has 0 aromatic carbocycles. The summed E-state index contributed by atoms with van der Waals surface area (Å²) in [6.45, 7) is 6.50. The van der Waals surface area contributed by atoms with Crippen molar-refractivity contribution in [3.05, 3.63) is 46.2 Å². The zero-order valence-electron chi connectivity index (χ0n) is 14.0. The Kier molecular flexibility index (Phi) is 5.23. The summed E-state index contributed by atoms with van der Waals surface area (Å²) in [5.74, 6) is -1.05. The average molecular weight is 333 g/mol. The van der Waals surface area contributed by atoms with Gasteiger partial charge in [-0.25, -0.2) is 9.59 Å². The molecule has 128 valence electrons. The molecular weight excluding hydrogens is 314 g/mol. The highest BCUT2D eigenvalue weighted by molar-refractivity contribution is 6.03. The van der Waals surface area contributed by atoms with Crippen LogP contribution >= 0.6 is 0 Å². The summed E-state index contributed by atoms with van der Waals surface area (Å²) in [7, 11) is 0. The summed E-state index contributed by atoms with van der Waals surface area (Å²) in [6, 6.07) is 3.10. The molecule has 0 amide bonds. The van der Waals surface area contributed by atoms with Gasteiger partial charge in [-0.2, -0.15) is 0 Å². The van der Waals surface area contributed by atoms with Crippen LogP contribution in [0.15, 0.2) is 16.5 Å². The van der Waals surface area contributed by atoms with Crippen LogP contribution < -0.4 is 0 Å². The molecular formula is C17H19NO6. The maximum Gasteiger partial charge on any atom is 0.374 e. The van der Waals surface area contributed by atoms with Gasteiger partial charge in [0.05, 0.1) is 17.9 Å². The minimum atomic E-state index is -0.719. The predicted molar refractivity (Wildman–Crippen MR) is 84.3 cm³/mol. The third-order valence-corrected chi connectivity index (χ3v) is 3.47.